The molecule has 1 saturated heterocycles. The third-order valence-electron chi connectivity index (χ3n) is 5.57. The first-order valence-corrected chi connectivity index (χ1v) is 10.9. The molecule has 0 radical (unpaired) electrons. The maximum Gasteiger partial charge on any atom is 0.247 e. The summed E-state index contributed by atoms with van der Waals surface area (Å²) in [6.07, 6.45) is 4.42. The van der Waals surface area contributed by atoms with Gasteiger partial charge in [0.05, 0.1) is 0 Å². The molecule has 1 atom stereocenters. The molecule has 3 aromatic rings. The average Bonchev–Trinajstić information content (AvgIpc) is 3.05. The fourth-order valence-corrected chi connectivity index (χ4v) is 4.09. The van der Waals surface area contributed by atoms with Crippen LogP contribution in [0.1, 0.15) is 36.1 Å². The predicted molar refractivity (Wildman–Crippen MR) is 125 cm³/mol. The average molecular weight is 430 g/mol. The summed E-state index contributed by atoms with van der Waals surface area (Å²) < 4.78 is 5.62. The van der Waals surface area contributed by atoms with E-state index in [-0.39, 0.29) is 11.9 Å². The summed E-state index contributed by atoms with van der Waals surface area (Å²) >= 11 is 0. The highest BCUT2D eigenvalue weighted by Crippen LogP contribution is 2.23. The molecule has 2 heterocycles. The summed E-state index contributed by atoms with van der Waals surface area (Å²) in [7, 11) is 0. The number of aryl methyl sites for hydroxylation is 2. The summed E-state index contributed by atoms with van der Waals surface area (Å²) in [5.41, 5.74) is 3.84. The van der Waals surface area contributed by atoms with Gasteiger partial charge in [0, 0.05) is 24.2 Å². The zero-order valence-electron chi connectivity index (χ0n) is 18.4. The summed E-state index contributed by atoms with van der Waals surface area (Å²) in [6, 6.07) is 15.3. The van der Waals surface area contributed by atoms with Gasteiger partial charge in [-0.05, 0) is 62.9 Å². The Morgan fingerprint density at radius 1 is 1.22 bits per heavy atom. The number of likely N-dealkylation sites (tertiary alicyclic amines) is 1. The summed E-state index contributed by atoms with van der Waals surface area (Å²) in [6.45, 7) is 5.23. The summed E-state index contributed by atoms with van der Waals surface area (Å²) in [5.74, 6) is 1.09. The minimum absolute atomic E-state index is 0.0102. The number of nitrogens with one attached hydrogen (secondary N) is 2. The van der Waals surface area contributed by atoms with Crippen molar-refractivity contribution >= 4 is 28.5 Å². The number of guanidine groups is 1. The van der Waals surface area contributed by atoms with Gasteiger partial charge in [0.25, 0.3) is 0 Å². The van der Waals surface area contributed by atoms with Crippen molar-refractivity contribution in [2.24, 2.45) is 4.99 Å². The third kappa shape index (κ3) is 5.09. The number of carbonyl (C=O) groups excluding carboxylic acids is 1. The maximum absolute atomic E-state index is 13.3. The molecular formula is C25H27N5O2. The molecule has 7 nitrogen and oxygen atoms in total. The quantitative estimate of drug-likeness (QED) is 0.276. The van der Waals surface area contributed by atoms with Gasteiger partial charge in [-0.15, -0.1) is 0 Å². The number of aliphatic imine (C=N–C) groups is 1. The normalized spacial score (nSPS) is 17.2. The lowest BCUT2D eigenvalue weighted by atomic mass is 10.1. The lowest BCUT2D eigenvalue weighted by Gasteiger charge is -2.23. The molecule has 2 N–H and O–H groups in total. The lowest BCUT2D eigenvalue weighted by molar-refractivity contribution is -0.132. The number of benzene rings is 2. The number of anilines is 1. The number of amides is 1. The fraction of sp³-hybridized carbons (Fsp3) is 0.320. The molecule has 0 spiro atoms. The molecule has 32 heavy (non-hydrogen) atoms. The smallest absolute Gasteiger partial charge is 0.247 e. The van der Waals surface area contributed by atoms with E-state index in [0.29, 0.717) is 19.5 Å². The minimum atomic E-state index is -0.537. The molecule has 1 aliphatic rings. The number of fused-ring (bicyclic) bond motifs is 1. The van der Waals surface area contributed by atoms with Crippen molar-refractivity contribution in [1.82, 2.24) is 10.2 Å². The third-order valence-corrected chi connectivity index (χ3v) is 5.57. The largest absolute Gasteiger partial charge is 0.461 e. The molecule has 1 aliphatic heterocycles. The van der Waals surface area contributed by atoms with E-state index in [1.165, 1.54) is 5.56 Å². The van der Waals surface area contributed by atoms with E-state index in [9.17, 15) is 10.1 Å². The number of nitriles is 1. The summed E-state index contributed by atoms with van der Waals surface area (Å²) in [5, 5.41) is 15.9. The van der Waals surface area contributed by atoms with Crippen LogP contribution in [0.3, 0.4) is 0 Å². The van der Waals surface area contributed by atoms with Gasteiger partial charge in [0.15, 0.2) is 6.19 Å². The van der Waals surface area contributed by atoms with E-state index in [2.05, 4.69) is 34.7 Å². The predicted octanol–water partition coefficient (Wildman–Crippen LogP) is 4.47. The van der Waals surface area contributed by atoms with Crippen LogP contribution >= 0.6 is 0 Å². The number of hydrogen-bond acceptors (Lipinski definition) is 4. The Labute approximate surface area is 187 Å². The van der Waals surface area contributed by atoms with Crippen LogP contribution in [-0.4, -0.2) is 29.4 Å². The summed E-state index contributed by atoms with van der Waals surface area (Å²) in [4.78, 5) is 19.8. The van der Waals surface area contributed by atoms with Crippen molar-refractivity contribution in [3.63, 3.8) is 0 Å². The first-order chi connectivity index (χ1) is 15.5. The number of rotatable bonds is 4. The van der Waals surface area contributed by atoms with Crippen LogP contribution in [0.15, 0.2) is 57.9 Å². The lowest BCUT2D eigenvalue weighted by Crippen LogP contribution is -2.38. The molecule has 0 saturated carbocycles. The molecule has 1 amide bonds. The fourth-order valence-electron chi connectivity index (χ4n) is 4.09. The van der Waals surface area contributed by atoms with Gasteiger partial charge in [-0.1, -0.05) is 29.8 Å². The van der Waals surface area contributed by atoms with Crippen molar-refractivity contribution in [2.75, 3.05) is 11.9 Å². The second kappa shape index (κ2) is 9.56. The monoisotopic (exact) mass is 429 g/mol. The van der Waals surface area contributed by atoms with Crippen LogP contribution in [0, 0.1) is 25.3 Å². The Hall–Kier alpha value is -3.79. The Bertz CT molecular complexity index is 1190. The van der Waals surface area contributed by atoms with Crippen LogP contribution < -0.4 is 10.6 Å². The Balaban J connectivity index is 1.54. The number of hydrogen-bond donors (Lipinski definition) is 2. The highest BCUT2D eigenvalue weighted by molar-refractivity contribution is 5.98. The Morgan fingerprint density at radius 2 is 2.09 bits per heavy atom. The van der Waals surface area contributed by atoms with Gasteiger partial charge in [-0.25, -0.2) is 4.99 Å². The van der Waals surface area contributed by atoms with E-state index >= 15 is 0 Å². The molecule has 7 heteroatoms. The number of furan rings is 1. The highest BCUT2D eigenvalue weighted by atomic mass is 16.3. The molecule has 1 aromatic heterocycles. The van der Waals surface area contributed by atoms with Crippen molar-refractivity contribution in [1.29, 1.82) is 5.26 Å². The molecule has 1 fully saturated rings. The van der Waals surface area contributed by atoms with Gasteiger partial charge in [-0.3, -0.25) is 10.1 Å². The highest BCUT2D eigenvalue weighted by Gasteiger charge is 2.27. The molecule has 2 aromatic carbocycles. The van der Waals surface area contributed by atoms with Gasteiger partial charge in [-0.2, -0.15) is 5.26 Å². The van der Waals surface area contributed by atoms with Crippen molar-refractivity contribution in [3.8, 4) is 6.19 Å². The van der Waals surface area contributed by atoms with Crippen LogP contribution in [0.2, 0.25) is 0 Å². The van der Waals surface area contributed by atoms with Crippen LogP contribution in [0.4, 0.5) is 5.69 Å². The van der Waals surface area contributed by atoms with Crippen LogP contribution in [0.25, 0.3) is 11.0 Å². The molecule has 4 rings (SSSR count). The Morgan fingerprint density at radius 3 is 2.91 bits per heavy atom. The van der Waals surface area contributed by atoms with Crippen molar-refractivity contribution in [2.45, 2.75) is 45.7 Å². The standard InChI is InChI=1S/C25H27N5O2/c1-17-6-5-7-19(12-17)15-30-11-4-3-8-22(24(30)31)29-25(27-16-26)28-21-9-10-23-20(14-21)13-18(2)32-23/h5-7,9-10,12-14,22H,3-4,8,11,15H2,1-2H3,(H2,27,28,29). The second-order valence-electron chi connectivity index (χ2n) is 8.21. The van der Waals surface area contributed by atoms with Crippen LogP contribution in [-0.2, 0) is 11.3 Å². The zero-order chi connectivity index (χ0) is 22.5. The van der Waals surface area contributed by atoms with Crippen molar-refractivity contribution < 1.29 is 9.21 Å². The first kappa shape index (κ1) is 21.4. The van der Waals surface area contributed by atoms with Gasteiger partial charge < -0.3 is 14.6 Å². The molecule has 164 valence electrons. The SMILES string of the molecule is Cc1cccc(CN2CCCCC(N=C(NC#N)Nc3ccc4oc(C)cc4c3)C2=O)c1. The van der Waals surface area contributed by atoms with Gasteiger partial charge >= 0.3 is 0 Å². The minimum Gasteiger partial charge on any atom is -0.461 e. The van der Waals surface area contributed by atoms with E-state index in [0.717, 1.165) is 40.8 Å². The van der Waals surface area contributed by atoms with Gasteiger partial charge in [0.2, 0.25) is 11.9 Å². The zero-order valence-corrected chi connectivity index (χ0v) is 18.4. The van der Waals surface area contributed by atoms with Crippen LogP contribution in [0.5, 0.6) is 0 Å². The first-order valence-electron chi connectivity index (χ1n) is 10.9. The number of carbonyl (C=O) groups is 1. The molecular weight excluding hydrogens is 402 g/mol. The van der Waals surface area contributed by atoms with E-state index < -0.39 is 6.04 Å². The maximum atomic E-state index is 13.3. The molecule has 0 bridgehead atoms. The topological polar surface area (TPSA) is 93.7 Å². The number of nitrogens with zero attached hydrogens (tertiary/aromatic N) is 3. The second-order valence-corrected chi connectivity index (χ2v) is 8.21. The van der Waals surface area contributed by atoms with Gasteiger partial charge in [0.1, 0.15) is 17.4 Å². The Kier molecular flexibility index (Phi) is 6.41. The van der Waals surface area contributed by atoms with E-state index in [1.54, 1.807) is 0 Å². The van der Waals surface area contributed by atoms with E-state index in [4.69, 9.17) is 4.42 Å². The molecule has 0 aliphatic carbocycles. The van der Waals surface area contributed by atoms with E-state index in [1.807, 2.05) is 54.4 Å². The molecule has 1 unspecified atom stereocenters. The van der Waals surface area contributed by atoms with Crippen molar-refractivity contribution in [3.05, 3.63) is 65.4 Å².